The van der Waals surface area contributed by atoms with Gasteiger partial charge in [-0.2, -0.15) is 0 Å². The zero-order chi connectivity index (χ0) is 12.6. The van der Waals surface area contributed by atoms with Crippen molar-refractivity contribution in [1.29, 1.82) is 0 Å². The lowest BCUT2D eigenvalue weighted by atomic mass is 10.2. The van der Waals surface area contributed by atoms with Crippen LogP contribution in [0.15, 0.2) is 0 Å². The molecule has 0 heterocycles. The number of carbonyl (C=O) groups excluding carboxylic acids is 1. The highest BCUT2D eigenvalue weighted by molar-refractivity contribution is 5.76. The van der Waals surface area contributed by atoms with E-state index in [4.69, 9.17) is 14.6 Å². The first-order valence-electron chi connectivity index (χ1n) is 5.55. The molecular weight excluding hydrogens is 212 g/mol. The van der Waals surface area contributed by atoms with E-state index in [1.54, 1.807) is 13.8 Å². The molecule has 0 aromatic rings. The fourth-order valence-corrected chi connectivity index (χ4v) is 1.08. The molecule has 0 fully saturated rings. The topological polar surface area (TPSA) is 72.8 Å². The molecule has 0 aliphatic heterocycles. The highest BCUT2D eigenvalue weighted by atomic mass is 16.6. The van der Waals surface area contributed by atoms with Crippen LogP contribution in [0, 0.1) is 0 Å². The lowest BCUT2D eigenvalue weighted by Gasteiger charge is -2.18. The van der Waals surface area contributed by atoms with E-state index in [1.807, 2.05) is 6.92 Å². The lowest BCUT2D eigenvalue weighted by molar-refractivity contribution is -0.162. The van der Waals surface area contributed by atoms with Crippen molar-refractivity contribution >= 4 is 11.9 Å². The van der Waals surface area contributed by atoms with Gasteiger partial charge < -0.3 is 14.6 Å². The predicted octanol–water partition coefficient (Wildman–Crippen LogP) is 1.60. The quantitative estimate of drug-likeness (QED) is 0.643. The third-order valence-corrected chi connectivity index (χ3v) is 2.14. The summed E-state index contributed by atoms with van der Waals surface area (Å²) in [5.74, 6) is -1.42. The van der Waals surface area contributed by atoms with E-state index in [0.717, 1.165) is 6.42 Å². The smallest absolute Gasteiger partial charge is 0.335 e. The van der Waals surface area contributed by atoms with E-state index in [9.17, 15) is 9.59 Å². The highest BCUT2D eigenvalue weighted by Crippen LogP contribution is 2.08. The van der Waals surface area contributed by atoms with Gasteiger partial charge in [0.25, 0.3) is 0 Å². The Labute approximate surface area is 95.7 Å². The Balaban J connectivity index is 4.17. The van der Waals surface area contributed by atoms with E-state index >= 15 is 0 Å². The van der Waals surface area contributed by atoms with Crippen molar-refractivity contribution in [1.82, 2.24) is 0 Å². The van der Waals surface area contributed by atoms with Crippen LogP contribution < -0.4 is 0 Å². The molecule has 0 aliphatic rings. The monoisotopic (exact) mass is 232 g/mol. The van der Waals surface area contributed by atoms with E-state index in [-0.39, 0.29) is 18.9 Å². The number of esters is 1. The van der Waals surface area contributed by atoms with Gasteiger partial charge in [-0.25, -0.2) is 4.79 Å². The maximum absolute atomic E-state index is 11.6. The van der Waals surface area contributed by atoms with Crippen molar-refractivity contribution in [2.45, 2.75) is 52.2 Å². The van der Waals surface area contributed by atoms with Crippen LogP contribution in [0.5, 0.6) is 0 Å². The van der Waals surface area contributed by atoms with Crippen molar-refractivity contribution < 1.29 is 24.2 Å². The van der Waals surface area contributed by atoms with Gasteiger partial charge >= 0.3 is 11.9 Å². The van der Waals surface area contributed by atoms with E-state index in [1.165, 1.54) is 0 Å². The molecule has 0 saturated carbocycles. The standard InChI is InChI=1S/C11H20O5/c1-4-8(3)16-11(14)9(15-5-2)6-7-10(12)13/h8-9H,4-7H2,1-3H3,(H,12,13). The summed E-state index contributed by atoms with van der Waals surface area (Å²) in [7, 11) is 0. The van der Waals surface area contributed by atoms with Crippen LogP contribution in [0.1, 0.15) is 40.0 Å². The summed E-state index contributed by atoms with van der Waals surface area (Å²) in [6.07, 6.45) is -0.155. The molecule has 0 aliphatic carbocycles. The predicted molar refractivity (Wildman–Crippen MR) is 58.1 cm³/mol. The molecule has 0 saturated heterocycles. The van der Waals surface area contributed by atoms with Crippen LogP contribution >= 0.6 is 0 Å². The minimum absolute atomic E-state index is 0.0970. The Morgan fingerprint density at radius 3 is 2.38 bits per heavy atom. The van der Waals surface area contributed by atoms with Crippen LogP contribution in [-0.2, 0) is 19.1 Å². The van der Waals surface area contributed by atoms with Crippen molar-refractivity contribution in [2.24, 2.45) is 0 Å². The SMILES string of the molecule is CCOC(CCC(=O)O)C(=O)OC(C)CC. The number of carboxylic acids is 1. The number of carbonyl (C=O) groups is 2. The summed E-state index contributed by atoms with van der Waals surface area (Å²) in [6, 6.07) is 0. The number of carboxylic acid groups (broad SMARTS) is 1. The van der Waals surface area contributed by atoms with Crippen LogP contribution in [0.25, 0.3) is 0 Å². The molecule has 0 spiro atoms. The molecule has 2 unspecified atom stereocenters. The van der Waals surface area contributed by atoms with Gasteiger partial charge in [0.15, 0.2) is 6.10 Å². The molecule has 0 aromatic carbocycles. The fraction of sp³-hybridized carbons (Fsp3) is 0.818. The molecular formula is C11H20O5. The average molecular weight is 232 g/mol. The minimum Gasteiger partial charge on any atom is -0.481 e. The summed E-state index contributed by atoms with van der Waals surface area (Å²) in [6.45, 7) is 5.81. The third kappa shape index (κ3) is 6.40. The molecule has 1 N–H and O–H groups in total. The van der Waals surface area contributed by atoms with Gasteiger partial charge in [-0.1, -0.05) is 6.92 Å². The fourth-order valence-electron chi connectivity index (χ4n) is 1.08. The Kier molecular flexibility index (Phi) is 7.54. The van der Waals surface area contributed by atoms with E-state index < -0.39 is 18.0 Å². The summed E-state index contributed by atoms with van der Waals surface area (Å²) in [4.78, 5) is 22.0. The molecule has 2 atom stereocenters. The number of rotatable bonds is 8. The maximum Gasteiger partial charge on any atom is 0.335 e. The van der Waals surface area contributed by atoms with Gasteiger partial charge in [0.2, 0.25) is 0 Å². The van der Waals surface area contributed by atoms with Crippen molar-refractivity contribution in [3.8, 4) is 0 Å². The lowest BCUT2D eigenvalue weighted by Crippen LogP contribution is -2.30. The van der Waals surface area contributed by atoms with Crippen molar-refractivity contribution in [3.63, 3.8) is 0 Å². The van der Waals surface area contributed by atoms with Crippen LogP contribution in [0.3, 0.4) is 0 Å². The van der Waals surface area contributed by atoms with Gasteiger partial charge in [-0.05, 0) is 26.7 Å². The first kappa shape index (κ1) is 14.9. The summed E-state index contributed by atoms with van der Waals surface area (Å²) in [5.41, 5.74) is 0. The third-order valence-electron chi connectivity index (χ3n) is 2.14. The molecule has 94 valence electrons. The number of ether oxygens (including phenoxy) is 2. The van der Waals surface area contributed by atoms with Gasteiger partial charge in [-0.15, -0.1) is 0 Å². The second-order valence-electron chi connectivity index (χ2n) is 3.53. The zero-order valence-electron chi connectivity index (χ0n) is 10.1. The Morgan fingerprint density at radius 2 is 1.94 bits per heavy atom. The second-order valence-corrected chi connectivity index (χ2v) is 3.53. The molecule has 16 heavy (non-hydrogen) atoms. The van der Waals surface area contributed by atoms with Gasteiger partial charge in [0.1, 0.15) is 0 Å². The number of hydrogen-bond acceptors (Lipinski definition) is 4. The minimum atomic E-state index is -0.943. The Hall–Kier alpha value is -1.10. The van der Waals surface area contributed by atoms with Crippen LogP contribution in [0.2, 0.25) is 0 Å². The summed E-state index contributed by atoms with van der Waals surface area (Å²) >= 11 is 0. The molecule has 0 radical (unpaired) electrons. The molecule has 0 rings (SSSR count). The highest BCUT2D eigenvalue weighted by Gasteiger charge is 2.22. The number of hydrogen-bond donors (Lipinski definition) is 1. The van der Waals surface area contributed by atoms with Gasteiger partial charge in [-0.3, -0.25) is 4.79 Å². The van der Waals surface area contributed by atoms with Crippen LogP contribution in [-0.4, -0.2) is 35.9 Å². The van der Waals surface area contributed by atoms with Crippen molar-refractivity contribution in [2.75, 3.05) is 6.61 Å². The second kappa shape index (κ2) is 8.10. The molecule has 0 aromatic heterocycles. The molecule has 0 amide bonds. The normalized spacial score (nSPS) is 14.2. The Morgan fingerprint density at radius 1 is 1.31 bits per heavy atom. The van der Waals surface area contributed by atoms with Gasteiger partial charge in [0.05, 0.1) is 6.10 Å². The molecule has 5 heteroatoms. The molecule has 5 nitrogen and oxygen atoms in total. The van der Waals surface area contributed by atoms with Crippen molar-refractivity contribution in [3.05, 3.63) is 0 Å². The largest absolute Gasteiger partial charge is 0.481 e. The zero-order valence-corrected chi connectivity index (χ0v) is 10.1. The average Bonchev–Trinajstić information content (AvgIpc) is 2.23. The van der Waals surface area contributed by atoms with E-state index in [0.29, 0.717) is 6.61 Å². The first-order chi connectivity index (χ1) is 7.51. The van der Waals surface area contributed by atoms with Gasteiger partial charge in [0, 0.05) is 13.0 Å². The van der Waals surface area contributed by atoms with Crippen LogP contribution in [0.4, 0.5) is 0 Å². The summed E-state index contributed by atoms with van der Waals surface area (Å²) < 4.78 is 10.3. The van der Waals surface area contributed by atoms with E-state index in [2.05, 4.69) is 0 Å². The summed E-state index contributed by atoms with van der Waals surface area (Å²) in [5, 5.41) is 8.53. The number of aliphatic carboxylic acids is 1. The maximum atomic E-state index is 11.6. The first-order valence-corrected chi connectivity index (χ1v) is 5.55. The Bertz CT molecular complexity index is 226. The molecule has 0 bridgehead atoms.